The van der Waals surface area contributed by atoms with E-state index in [1.54, 1.807) is 0 Å². The summed E-state index contributed by atoms with van der Waals surface area (Å²) in [6.45, 7) is 2.49. The minimum Gasteiger partial charge on any atom is -0.322 e. The first-order valence-electron chi connectivity index (χ1n) is 3.66. The van der Waals surface area contributed by atoms with Gasteiger partial charge < -0.3 is 9.47 Å². The minimum atomic E-state index is -0.115. The molecule has 0 amide bonds. The summed E-state index contributed by atoms with van der Waals surface area (Å²) in [5, 5.41) is 0. The standard InChI is InChI=1S/C9H10O2/c1-7-2-4-8(5-3-7)9-10-6-11-9/h2-5,9H,6H2,1H3. The third kappa shape index (κ3) is 1.27. The van der Waals surface area contributed by atoms with Crippen molar-refractivity contribution in [2.75, 3.05) is 6.79 Å². The molecule has 1 heterocycles. The van der Waals surface area contributed by atoms with E-state index >= 15 is 0 Å². The van der Waals surface area contributed by atoms with Crippen LogP contribution >= 0.6 is 0 Å². The molecule has 0 N–H and O–H groups in total. The molecule has 1 fully saturated rings. The number of hydrogen-bond acceptors (Lipinski definition) is 2. The van der Waals surface area contributed by atoms with E-state index in [1.807, 2.05) is 12.1 Å². The van der Waals surface area contributed by atoms with E-state index in [1.165, 1.54) is 5.56 Å². The number of hydrogen-bond donors (Lipinski definition) is 0. The van der Waals surface area contributed by atoms with Gasteiger partial charge >= 0.3 is 0 Å². The lowest BCUT2D eigenvalue weighted by Gasteiger charge is -2.26. The second-order valence-electron chi connectivity index (χ2n) is 2.69. The van der Waals surface area contributed by atoms with E-state index < -0.39 is 0 Å². The van der Waals surface area contributed by atoms with Crippen LogP contribution in [-0.2, 0) is 9.47 Å². The van der Waals surface area contributed by atoms with E-state index in [9.17, 15) is 0 Å². The zero-order valence-corrected chi connectivity index (χ0v) is 6.41. The van der Waals surface area contributed by atoms with Gasteiger partial charge in [0.1, 0.15) is 0 Å². The van der Waals surface area contributed by atoms with Crippen LogP contribution in [0.25, 0.3) is 0 Å². The molecular weight excluding hydrogens is 140 g/mol. The van der Waals surface area contributed by atoms with Crippen molar-refractivity contribution in [1.29, 1.82) is 0 Å². The van der Waals surface area contributed by atoms with Gasteiger partial charge in [-0.1, -0.05) is 29.8 Å². The highest BCUT2D eigenvalue weighted by molar-refractivity contribution is 5.22. The largest absolute Gasteiger partial charge is 0.322 e. The molecule has 0 aliphatic carbocycles. The Kier molecular flexibility index (Phi) is 1.64. The summed E-state index contributed by atoms with van der Waals surface area (Å²) in [7, 11) is 0. The van der Waals surface area contributed by atoms with Crippen molar-refractivity contribution in [3.8, 4) is 0 Å². The Labute approximate surface area is 65.7 Å². The molecule has 1 aliphatic rings. The van der Waals surface area contributed by atoms with Crippen LogP contribution in [0.1, 0.15) is 17.4 Å². The first-order chi connectivity index (χ1) is 5.36. The number of aryl methyl sites for hydroxylation is 1. The number of benzene rings is 1. The van der Waals surface area contributed by atoms with Crippen LogP contribution in [0.4, 0.5) is 0 Å². The van der Waals surface area contributed by atoms with Gasteiger partial charge in [-0.2, -0.15) is 0 Å². The Morgan fingerprint density at radius 3 is 2.27 bits per heavy atom. The van der Waals surface area contributed by atoms with E-state index in [2.05, 4.69) is 19.1 Å². The Morgan fingerprint density at radius 1 is 1.18 bits per heavy atom. The summed E-state index contributed by atoms with van der Waals surface area (Å²) in [6.07, 6.45) is -0.115. The summed E-state index contributed by atoms with van der Waals surface area (Å²) in [5.74, 6) is 0. The summed E-state index contributed by atoms with van der Waals surface area (Å²) in [6, 6.07) is 8.17. The van der Waals surface area contributed by atoms with E-state index in [4.69, 9.17) is 9.47 Å². The smallest absolute Gasteiger partial charge is 0.189 e. The SMILES string of the molecule is Cc1ccc(C2OCO2)cc1. The van der Waals surface area contributed by atoms with Crippen LogP contribution in [-0.4, -0.2) is 6.79 Å². The molecule has 0 bridgehead atoms. The third-order valence-corrected chi connectivity index (χ3v) is 1.79. The molecule has 2 heteroatoms. The van der Waals surface area contributed by atoms with Crippen molar-refractivity contribution in [2.45, 2.75) is 13.2 Å². The van der Waals surface area contributed by atoms with Gasteiger partial charge in [0.2, 0.25) is 0 Å². The lowest BCUT2D eigenvalue weighted by Crippen LogP contribution is -2.21. The minimum absolute atomic E-state index is 0.115. The van der Waals surface area contributed by atoms with Gasteiger partial charge in [-0.3, -0.25) is 0 Å². The normalized spacial score (nSPS) is 17.9. The topological polar surface area (TPSA) is 18.5 Å². The molecule has 1 aromatic rings. The van der Waals surface area contributed by atoms with Crippen LogP contribution in [0.5, 0.6) is 0 Å². The molecule has 0 spiro atoms. The van der Waals surface area contributed by atoms with Gasteiger partial charge in [0.25, 0.3) is 0 Å². The van der Waals surface area contributed by atoms with Gasteiger partial charge in [0, 0.05) is 5.56 Å². The van der Waals surface area contributed by atoms with Crippen molar-refractivity contribution in [3.63, 3.8) is 0 Å². The number of rotatable bonds is 1. The molecule has 1 aliphatic heterocycles. The zero-order valence-electron chi connectivity index (χ0n) is 6.41. The van der Waals surface area contributed by atoms with Crippen LogP contribution in [0.15, 0.2) is 24.3 Å². The lowest BCUT2D eigenvalue weighted by molar-refractivity contribution is -0.326. The highest BCUT2D eigenvalue weighted by atomic mass is 16.8. The lowest BCUT2D eigenvalue weighted by atomic mass is 10.1. The quantitative estimate of drug-likeness (QED) is 0.609. The molecule has 0 atom stereocenters. The second-order valence-corrected chi connectivity index (χ2v) is 2.69. The van der Waals surface area contributed by atoms with Crippen LogP contribution < -0.4 is 0 Å². The maximum atomic E-state index is 5.13. The van der Waals surface area contributed by atoms with Crippen molar-refractivity contribution in [1.82, 2.24) is 0 Å². The van der Waals surface area contributed by atoms with Gasteiger partial charge in [-0.05, 0) is 6.92 Å². The van der Waals surface area contributed by atoms with Crippen LogP contribution in [0, 0.1) is 6.92 Å². The average Bonchev–Trinajstić information content (AvgIpc) is 1.90. The van der Waals surface area contributed by atoms with E-state index in [0.29, 0.717) is 6.79 Å². The van der Waals surface area contributed by atoms with E-state index in [-0.39, 0.29) is 6.29 Å². The Bertz CT molecular complexity index is 236. The summed E-state index contributed by atoms with van der Waals surface area (Å²) < 4.78 is 10.3. The van der Waals surface area contributed by atoms with Crippen LogP contribution in [0.3, 0.4) is 0 Å². The molecule has 0 aromatic heterocycles. The fourth-order valence-electron chi connectivity index (χ4n) is 1.05. The predicted octanol–water partition coefficient (Wildman–Crippen LogP) is 2.00. The highest BCUT2D eigenvalue weighted by Gasteiger charge is 2.19. The Hall–Kier alpha value is -0.860. The second kappa shape index (κ2) is 2.64. The third-order valence-electron chi connectivity index (χ3n) is 1.79. The van der Waals surface area contributed by atoms with Crippen molar-refractivity contribution in [3.05, 3.63) is 35.4 Å². The molecular formula is C9H10O2. The van der Waals surface area contributed by atoms with Gasteiger partial charge in [-0.15, -0.1) is 0 Å². The highest BCUT2D eigenvalue weighted by Crippen LogP contribution is 2.25. The molecule has 0 radical (unpaired) electrons. The Balaban J connectivity index is 2.18. The van der Waals surface area contributed by atoms with Crippen molar-refractivity contribution in [2.24, 2.45) is 0 Å². The van der Waals surface area contributed by atoms with Crippen LogP contribution in [0.2, 0.25) is 0 Å². The number of ether oxygens (including phenoxy) is 2. The molecule has 2 rings (SSSR count). The van der Waals surface area contributed by atoms with Gasteiger partial charge in [0.15, 0.2) is 13.1 Å². The van der Waals surface area contributed by atoms with Gasteiger partial charge in [-0.25, -0.2) is 0 Å². The summed E-state index contributed by atoms with van der Waals surface area (Å²) in [5.41, 5.74) is 2.36. The zero-order chi connectivity index (χ0) is 7.68. The van der Waals surface area contributed by atoms with Crippen molar-refractivity contribution >= 4 is 0 Å². The molecule has 11 heavy (non-hydrogen) atoms. The average molecular weight is 150 g/mol. The first-order valence-corrected chi connectivity index (χ1v) is 3.66. The van der Waals surface area contributed by atoms with E-state index in [0.717, 1.165) is 5.56 Å². The fourth-order valence-corrected chi connectivity index (χ4v) is 1.05. The molecule has 1 saturated heterocycles. The Morgan fingerprint density at radius 2 is 1.82 bits per heavy atom. The summed E-state index contributed by atoms with van der Waals surface area (Å²) >= 11 is 0. The molecule has 0 saturated carbocycles. The maximum Gasteiger partial charge on any atom is 0.189 e. The predicted molar refractivity (Wildman–Crippen MR) is 41.0 cm³/mol. The summed E-state index contributed by atoms with van der Waals surface area (Å²) in [4.78, 5) is 0. The molecule has 58 valence electrons. The fraction of sp³-hybridized carbons (Fsp3) is 0.333. The van der Waals surface area contributed by atoms with Crippen molar-refractivity contribution < 1.29 is 9.47 Å². The molecule has 0 unspecified atom stereocenters. The van der Waals surface area contributed by atoms with Gasteiger partial charge in [0.05, 0.1) is 0 Å². The molecule has 1 aromatic carbocycles. The first kappa shape index (κ1) is 6.83. The molecule has 2 nitrogen and oxygen atoms in total. The monoisotopic (exact) mass is 150 g/mol. The maximum absolute atomic E-state index is 5.13.